The van der Waals surface area contributed by atoms with Gasteiger partial charge in [0.1, 0.15) is 5.75 Å². The second-order valence-electron chi connectivity index (χ2n) is 10.1. The summed E-state index contributed by atoms with van der Waals surface area (Å²) in [5.74, 6) is -4.66. The number of carbonyl (C=O) groups is 3. The van der Waals surface area contributed by atoms with Gasteiger partial charge >= 0.3 is 12.1 Å². The van der Waals surface area contributed by atoms with E-state index in [2.05, 4.69) is 4.74 Å². The number of hydrogen-bond acceptors (Lipinski definition) is 4. The van der Waals surface area contributed by atoms with Crippen LogP contribution in [0.1, 0.15) is 67.4 Å². The van der Waals surface area contributed by atoms with Crippen LogP contribution in [0.3, 0.4) is 0 Å². The van der Waals surface area contributed by atoms with Crippen LogP contribution in [0.5, 0.6) is 5.75 Å². The first kappa shape index (κ1) is 26.0. The van der Waals surface area contributed by atoms with Gasteiger partial charge in [-0.15, -0.1) is 0 Å². The molecule has 3 atom stereocenters. The van der Waals surface area contributed by atoms with Crippen molar-refractivity contribution in [1.29, 1.82) is 0 Å². The summed E-state index contributed by atoms with van der Waals surface area (Å²) < 4.78 is 60.0. The van der Waals surface area contributed by atoms with Crippen LogP contribution in [0.25, 0.3) is 0 Å². The van der Waals surface area contributed by atoms with Crippen LogP contribution >= 0.6 is 0 Å². The predicted octanol–water partition coefficient (Wildman–Crippen LogP) is 5.29. The van der Waals surface area contributed by atoms with E-state index >= 15 is 0 Å². The number of hydrogen-bond donors (Lipinski definition) is 1. The molecule has 2 aromatic rings. The SMILES string of the molecule is CC(F)(F)Oc1ccc(C(=O)N2c3cc(F)c(F)cc3C(N(C(=O)CCC(=O)O)C3CC3)C3CCC32)cc1. The van der Waals surface area contributed by atoms with E-state index in [4.69, 9.17) is 5.11 Å². The smallest absolute Gasteiger partial charge is 0.394 e. The van der Waals surface area contributed by atoms with Crippen LogP contribution in [0.2, 0.25) is 0 Å². The van der Waals surface area contributed by atoms with Crippen LogP contribution < -0.4 is 9.64 Å². The van der Waals surface area contributed by atoms with Crippen molar-refractivity contribution in [2.75, 3.05) is 4.90 Å². The molecule has 0 bridgehead atoms. The van der Waals surface area contributed by atoms with Crippen LogP contribution in [0.4, 0.5) is 23.2 Å². The molecule has 2 saturated carbocycles. The van der Waals surface area contributed by atoms with E-state index in [1.165, 1.54) is 29.2 Å². The maximum atomic E-state index is 14.6. The Bertz CT molecular complexity index is 1280. The zero-order valence-electron chi connectivity index (χ0n) is 20.5. The first-order valence-electron chi connectivity index (χ1n) is 12.5. The average Bonchev–Trinajstić information content (AvgIpc) is 3.65. The van der Waals surface area contributed by atoms with Crippen LogP contribution in [0.15, 0.2) is 36.4 Å². The van der Waals surface area contributed by atoms with Gasteiger partial charge in [0.15, 0.2) is 11.6 Å². The lowest BCUT2D eigenvalue weighted by atomic mass is 9.67. The molecule has 1 N–H and O–H groups in total. The number of carboxylic acids is 1. The fraction of sp³-hybridized carbons (Fsp3) is 0.444. The Morgan fingerprint density at radius 1 is 1.03 bits per heavy atom. The monoisotopic (exact) mass is 534 g/mol. The number of benzene rings is 2. The molecule has 1 heterocycles. The lowest BCUT2D eigenvalue weighted by Gasteiger charge is -2.55. The van der Waals surface area contributed by atoms with Gasteiger partial charge in [0.05, 0.1) is 18.2 Å². The van der Waals surface area contributed by atoms with E-state index in [1.807, 2.05) is 0 Å². The van der Waals surface area contributed by atoms with Crippen LogP contribution in [-0.4, -0.2) is 46.0 Å². The minimum atomic E-state index is -3.40. The lowest BCUT2D eigenvalue weighted by Crippen LogP contribution is -2.59. The fourth-order valence-electron chi connectivity index (χ4n) is 5.51. The number of carboxylic acid groups (broad SMARTS) is 1. The number of amides is 2. The third-order valence-corrected chi connectivity index (χ3v) is 7.37. The Morgan fingerprint density at radius 3 is 2.24 bits per heavy atom. The first-order chi connectivity index (χ1) is 17.9. The summed E-state index contributed by atoms with van der Waals surface area (Å²) >= 11 is 0. The number of rotatable bonds is 8. The topological polar surface area (TPSA) is 87.2 Å². The second kappa shape index (κ2) is 9.59. The molecule has 5 rings (SSSR count). The zero-order valence-corrected chi connectivity index (χ0v) is 20.5. The Hall–Kier alpha value is -3.63. The molecule has 2 fully saturated rings. The Morgan fingerprint density at radius 2 is 1.68 bits per heavy atom. The number of halogens is 4. The minimum absolute atomic E-state index is 0.130. The van der Waals surface area contributed by atoms with Gasteiger partial charge in [-0.25, -0.2) is 8.78 Å². The number of fused-ring (bicyclic) bond motifs is 2. The number of alkyl halides is 2. The highest BCUT2D eigenvalue weighted by Crippen LogP contribution is 2.55. The number of nitrogens with zero attached hydrogens (tertiary/aromatic N) is 2. The molecular weight excluding hydrogens is 508 g/mol. The zero-order chi connectivity index (χ0) is 27.4. The Balaban J connectivity index is 1.52. The van der Waals surface area contributed by atoms with Gasteiger partial charge in [0.25, 0.3) is 5.91 Å². The Labute approximate surface area is 216 Å². The van der Waals surface area contributed by atoms with E-state index in [9.17, 15) is 31.9 Å². The normalized spacial score (nSPS) is 22.1. The van der Waals surface area contributed by atoms with Crippen molar-refractivity contribution in [3.63, 3.8) is 0 Å². The van der Waals surface area contributed by atoms with Crippen molar-refractivity contribution in [1.82, 2.24) is 4.90 Å². The number of ether oxygens (including phenoxy) is 1. The van der Waals surface area contributed by atoms with Gasteiger partial charge in [-0.05, 0) is 56.0 Å². The van der Waals surface area contributed by atoms with Gasteiger partial charge < -0.3 is 19.6 Å². The molecule has 0 spiro atoms. The van der Waals surface area contributed by atoms with E-state index in [0.29, 0.717) is 25.3 Å². The minimum Gasteiger partial charge on any atom is -0.481 e. The van der Waals surface area contributed by atoms with Crippen molar-refractivity contribution in [2.24, 2.45) is 5.92 Å². The number of anilines is 1. The molecule has 7 nitrogen and oxygen atoms in total. The standard InChI is InChI=1S/C27H26F4N2O5/c1-27(30,31)38-16-6-2-14(3-7-16)26(37)33-21-9-8-17(21)25(18-12-19(28)20(29)13-22(18)33)32(15-4-5-15)23(34)10-11-24(35)36/h2-3,6-7,12-13,15,17,21,25H,4-5,8-11H2,1H3,(H,35,36). The number of aliphatic carboxylic acids is 1. The summed E-state index contributed by atoms with van der Waals surface area (Å²) in [7, 11) is 0. The summed E-state index contributed by atoms with van der Waals surface area (Å²) in [6, 6.07) is 5.93. The molecule has 0 radical (unpaired) electrons. The van der Waals surface area contributed by atoms with E-state index in [-0.39, 0.29) is 47.7 Å². The van der Waals surface area contributed by atoms with Crippen molar-refractivity contribution in [3.8, 4) is 5.75 Å². The van der Waals surface area contributed by atoms with Gasteiger partial charge in [0, 0.05) is 48.5 Å². The molecular formula is C27H26F4N2O5. The van der Waals surface area contributed by atoms with E-state index < -0.39 is 41.7 Å². The van der Waals surface area contributed by atoms with Crippen molar-refractivity contribution >= 4 is 23.5 Å². The third-order valence-electron chi connectivity index (χ3n) is 7.37. The average molecular weight is 535 g/mol. The van der Waals surface area contributed by atoms with E-state index in [1.54, 1.807) is 4.90 Å². The van der Waals surface area contributed by atoms with Crippen molar-refractivity contribution < 1.29 is 41.8 Å². The van der Waals surface area contributed by atoms with Crippen molar-refractivity contribution in [2.45, 2.75) is 69.7 Å². The molecule has 0 saturated heterocycles. The molecule has 3 unspecified atom stereocenters. The van der Waals surface area contributed by atoms with Gasteiger partial charge in [-0.3, -0.25) is 14.4 Å². The summed E-state index contributed by atoms with van der Waals surface area (Å²) in [5.41, 5.74) is 0.574. The molecule has 0 aromatic heterocycles. The second-order valence-corrected chi connectivity index (χ2v) is 10.1. The van der Waals surface area contributed by atoms with Crippen LogP contribution in [0, 0.1) is 17.6 Å². The summed E-state index contributed by atoms with van der Waals surface area (Å²) in [6.07, 6.45) is -1.32. The lowest BCUT2D eigenvalue weighted by molar-refractivity contribution is -0.159. The molecule has 2 aliphatic carbocycles. The number of carbonyl (C=O) groups excluding carboxylic acids is 2. The Kier molecular flexibility index (Phi) is 6.56. The molecule has 1 aliphatic heterocycles. The largest absolute Gasteiger partial charge is 0.481 e. The predicted molar refractivity (Wildman–Crippen MR) is 127 cm³/mol. The van der Waals surface area contributed by atoms with Crippen LogP contribution in [-0.2, 0) is 9.59 Å². The highest BCUT2D eigenvalue weighted by atomic mass is 19.3. The molecule has 202 valence electrons. The third kappa shape index (κ3) is 4.93. The quantitative estimate of drug-likeness (QED) is 0.465. The highest BCUT2D eigenvalue weighted by Gasteiger charge is 2.53. The fourth-order valence-corrected chi connectivity index (χ4v) is 5.51. The molecule has 2 aromatic carbocycles. The maximum absolute atomic E-state index is 14.6. The molecule has 3 aliphatic rings. The van der Waals surface area contributed by atoms with Gasteiger partial charge in [0.2, 0.25) is 5.91 Å². The van der Waals surface area contributed by atoms with Crippen molar-refractivity contribution in [3.05, 3.63) is 59.2 Å². The summed E-state index contributed by atoms with van der Waals surface area (Å²) in [6.45, 7) is 0.592. The maximum Gasteiger partial charge on any atom is 0.394 e. The molecule has 38 heavy (non-hydrogen) atoms. The van der Waals surface area contributed by atoms with E-state index in [0.717, 1.165) is 25.0 Å². The molecule has 11 heteroatoms. The summed E-state index contributed by atoms with van der Waals surface area (Å²) in [5, 5.41) is 9.06. The summed E-state index contributed by atoms with van der Waals surface area (Å²) in [4.78, 5) is 40.9. The highest BCUT2D eigenvalue weighted by molar-refractivity contribution is 6.07. The van der Waals surface area contributed by atoms with Gasteiger partial charge in [-0.1, -0.05) is 0 Å². The molecule has 2 amide bonds. The first-order valence-corrected chi connectivity index (χ1v) is 12.5. The van der Waals surface area contributed by atoms with Gasteiger partial charge in [-0.2, -0.15) is 8.78 Å².